The molecule has 2 N–H and O–H groups in total. The third kappa shape index (κ3) is 5.50. The molecule has 0 amide bonds. The third-order valence-corrected chi connectivity index (χ3v) is 7.72. The van der Waals surface area contributed by atoms with Crippen molar-refractivity contribution in [2.24, 2.45) is 11.7 Å². The van der Waals surface area contributed by atoms with Crippen LogP contribution in [0.25, 0.3) is 10.8 Å². The second-order valence-electron chi connectivity index (χ2n) is 9.72. The van der Waals surface area contributed by atoms with Gasteiger partial charge in [0, 0.05) is 17.6 Å². The Hall–Kier alpha value is -3.08. The van der Waals surface area contributed by atoms with E-state index in [0.29, 0.717) is 41.1 Å². The van der Waals surface area contributed by atoms with Gasteiger partial charge in [-0.25, -0.2) is 4.98 Å². The Labute approximate surface area is 218 Å². The molecule has 36 heavy (non-hydrogen) atoms. The number of aromatic nitrogens is 1. The van der Waals surface area contributed by atoms with Gasteiger partial charge in [0.2, 0.25) is 5.88 Å². The van der Waals surface area contributed by atoms with Crippen LogP contribution in [0.4, 0.5) is 0 Å². The van der Waals surface area contributed by atoms with Gasteiger partial charge in [-0.3, -0.25) is 0 Å². The standard InChI is InChI=1S/C31H33ClN2O2/c1-2-28(33)23-14-12-22(13-15-23)25-10-6-7-11-29(25)36-30-18-24-16-17-34-31(26(24)19-27(30)32)35-20-21-8-4-3-5-9-21/h3-11,16-19,22-23,28H,2,12-15,20,33H2,1H3. The van der Waals surface area contributed by atoms with Gasteiger partial charge < -0.3 is 15.2 Å². The summed E-state index contributed by atoms with van der Waals surface area (Å²) in [4.78, 5) is 4.45. The highest BCUT2D eigenvalue weighted by molar-refractivity contribution is 6.33. The lowest BCUT2D eigenvalue weighted by Crippen LogP contribution is -2.32. The molecule has 1 atom stereocenters. The summed E-state index contributed by atoms with van der Waals surface area (Å²) in [6.07, 6.45) is 7.42. The SMILES string of the molecule is CCC(N)C1CCC(c2ccccc2Oc2cc3ccnc(OCc4ccccc4)c3cc2Cl)CC1. The van der Waals surface area contributed by atoms with Gasteiger partial charge in [0.15, 0.2) is 0 Å². The molecule has 0 aliphatic heterocycles. The van der Waals surface area contributed by atoms with E-state index in [1.807, 2.05) is 60.7 Å². The predicted molar refractivity (Wildman–Crippen MR) is 147 cm³/mol. The van der Waals surface area contributed by atoms with Crippen molar-refractivity contribution in [2.45, 2.75) is 57.6 Å². The summed E-state index contributed by atoms with van der Waals surface area (Å²) in [5, 5.41) is 2.37. The van der Waals surface area contributed by atoms with E-state index >= 15 is 0 Å². The molecule has 1 unspecified atom stereocenters. The van der Waals surface area contributed by atoms with Crippen LogP contribution in [-0.2, 0) is 6.61 Å². The summed E-state index contributed by atoms with van der Waals surface area (Å²) in [6.45, 7) is 2.63. The Morgan fingerprint density at radius 3 is 2.47 bits per heavy atom. The van der Waals surface area contributed by atoms with Crippen LogP contribution in [0.1, 0.15) is 56.1 Å². The maximum atomic E-state index is 6.73. The molecule has 1 heterocycles. The molecule has 5 heteroatoms. The highest BCUT2D eigenvalue weighted by Crippen LogP contribution is 2.43. The number of nitrogens with two attached hydrogens (primary N) is 1. The molecule has 1 saturated carbocycles. The number of rotatable bonds is 8. The highest BCUT2D eigenvalue weighted by atomic mass is 35.5. The van der Waals surface area contributed by atoms with Crippen LogP contribution in [0.15, 0.2) is 79.0 Å². The summed E-state index contributed by atoms with van der Waals surface area (Å²) < 4.78 is 12.5. The van der Waals surface area contributed by atoms with E-state index in [9.17, 15) is 0 Å². The van der Waals surface area contributed by atoms with E-state index in [4.69, 9.17) is 26.8 Å². The molecule has 3 aromatic carbocycles. The minimum absolute atomic E-state index is 0.310. The quantitative estimate of drug-likeness (QED) is 0.264. The van der Waals surface area contributed by atoms with Crippen molar-refractivity contribution in [2.75, 3.05) is 0 Å². The zero-order chi connectivity index (χ0) is 24.9. The molecule has 1 aliphatic rings. The number of ether oxygens (including phenoxy) is 2. The van der Waals surface area contributed by atoms with Gasteiger partial charge in [0.25, 0.3) is 0 Å². The molecule has 0 saturated heterocycles. The van der Waals surface area contributed by atoms with Crippen molar-refractivity contribution in [3.8, 4) is 17.4 Å². The van der Waals surface area contributed by atoms with Crippen molar-refractivity contribution >= 4 is 22.4 Å². The van der Waals surface area contributed by atoms with E-state index in [2.05, 4.69) is 24.0 Å². The van der Waals surface area contributed by atoms with Gasteiger partial charge in [-0.2, -0.15) is 0 Å². The van der Waals surface area contributed by atoms with E-state index in [1.165, 1.54) is 18.4 Å². The fourth-order valence-electron chi connectivity index (χ4n) is 5.29. The van der Waals surface area contributed by atoms with E-state index in [1.54, 1.807) is 6.20 Å². The number of nitrogens with zero attached hydrogens (tertiary/aromatic N) is 1. The summed E-state index contributed by atoms with van der Waals surface area (Å²) in [5.41, 5.74) is 8.67. The van der Waals surface area contributed by atoms with Crippen LogP contribution in [0.3, 0.4) is 0 Å². The third-order valence-electron chi connectivity index (χ3n) is 7.43. The molecule has 0 bridgehead atoms. The molecule has 4 aromatic rings. The first-order chi connectivity index (χ1) is 17.6. The van der Waals surface area contributed by atoms with Crippen LogP contribution in [-0.4, -0.2) is 11.0 Å². The fraction of sp³-hybridized carbons (Fsp3) is 0.323. The van der Waals surface area contributed by atoms with Crippen molar-refractivity contribution in [3.05, 3.63) is 95.1 Å². The zero-order valence-corrected chi connectivity index (χ0v) is 21.5. The van der Waals surface area contributed by atoms with Crippen LogP contribution >= 0.6 is 11.6 Å². The molecule has 4 nitrogen and oxygen atoms in total. The summed E-state index contributed by atoms with van der Waals surface area (Å²) in [6, 6.07) is 24.5. The lowest BCUT2D eigenvalue weighted by atomic mass is 9.75. The Kier molecular flexibility index (Phi) is 7.74. The zero-order valence-electron chi connectivity index (χ0n) is 20.7. The molecule has 1 aromatic heterocycles. The highest BCUT2D eigenvalue weighted by Gasteiger charge is 2.27. The molecule has 1 fully saturated rings. The van der Waals surface area contributed by atoms with E-state index in [0.717, 1.165) is 41.3 Å². The van der Waals surface area contributed by atoms with Crippen LogP contribution in [0.5, 0.6) is 17.4 Å². The van der Waals surface area contributed by atoms with Crippen LogP contribution < -0.4 is 15.2 Å². The number of hydrogen-bond acceptors (Lipinski definition) is 4. The number of pyridine rings is 1. The lowest BCUT2D eigenvalue weighted by Gasteiger charge is -2.32. The van der Waals surface area contributed by atoms with E-state index < -0.39 is 0 Å². The molecule has 5 rings (SSSR count). The minimum Gasteiger partial charge on any atom is -0.472 e. The topological polar surface area (TPSA) is 57.4 Å². The molecule has 0 spiro atoms. The monoisotopic (exact) mass is 500 g/mol. The van der Waals surface area contributed by atoms with Gasteiger partial charge in [0.05, 0.1) is 5.02 Å². The van der Waals surface area contributed by atoms with Gasteiger partial charge in [-0.1, -0.05) is 67.1 Å². The Bertz CT molecular complexity index is 1300. The number of fused-ring (bicyclic) bond motifs is 1. The summed E-state index contributed by atoms with van der Waals surface area (Å²) in [7, 11) is 0. The summed E-state index contributed by atoms with van der Waals surface area (Å²) in [5.74, 6) is 3.17. The Morgan fingerprint density at radius 2 is 1.69 bits per heavy atom. The second kappa shape index (κ2) is 11.3. The van der Waals surface area contributed by atoms with Crippen LogP contribution in [0.2, 0.25) is 5.02 Å². The maximum Gasteiger partial charge on any atom is 0.221 e. The first-order valence-corrected chi connectivity index (χ1v) is 13.3. The molecule has 0 radical (unpaired) electrons. The Morgan fingerprint density at radius 1 is 0.944 bits per heavy atom. The maximum absolute atomic E-state index is 6.73. The first-order valence-electron chi connectivity index (χ1n) is 12.9. The van der Waals surface area contributed by atoms with Crippen LogP contribution in [0, 0.1) is 5.92 Å². The predicted octanol–water partition coefficient (Wildman–Crippen LogP) is 8.27. The Balaban J connectivity index is 1.36. The molecular formula is C31H33ClN2O2. The van der Waals surface area contributed by atoms with Gasteiger partial charge in [-0.15, -0.1) is 0 Å². The first kappa shape index (κ1) is 24.6. The number of benzene rings is 3. The normalized spacial score (nSPS) is 18.6. The van der Waals surface area contributed by atoms with Gasteiger partial charge >= 0.3 is 0 Å². The van der Waals surface area contributed by atoms with Crippen molar-refractivity contribution in [1.29, 1.82) is 0 Å². The number of hydrogen-bond donors (Lipinski definition) is 1. The second-order valence-corrected chi connectivity index (χ2v) is 10.1. The summed E-state index contributed by atoms with van der Waals surface area (Å²) >= 11 is 6.73. The van der Waals surface area contributed by atoms with Gasteiger partial charge in [-0.05, 0) is 84.7 Å². The van der Waals surface area contributed by atoms with E-state index in [-0.39, 0.29) is 0 Å². The average molecular weight is 501 g/mol. The fourth-order valence-corrected chi connectivity index (χ4v) is 5.49. The van der Waals surface area contributed by atoms with Gasteiger partial charge in [0.1, 0.15) is 18.1 Å². The molecular weight excluding hydrogens is 468 g/mol. The average Bonchev–Trinajstić information content (AvgIpc) is 2.93. The number of para-hydroxylation sites is 1. The smallest absolute Gasteiger partial charge is 0.221 e. The molecule has 186 valence electrons. The largest absolute Gasteiger partial charge is 0.472 e. The lowest BCUT2D eigenvalue weighted by molar-refractivity contribution is 0.275. The molecule has 1 aliphatic carbocycles. The minimum atomic E-state index is 0.310. The number of halogens is 1. The van der Waals surface area contributed by atoms with Crippen molar-refractivity contribution < 1.29 is 9.47 Å². The van der Waals surface area contributed by atoms with Crippen molar-refractivity contribution in [1.82, 2.24) is 4.98 Å². The van der Waals surface area contributed by atoms with Crippen molar-refractivity contribution in [3.63, 3.8) is 0 Å².